The minimum Gasteiger partial charge on any atom is -0.490 e. The van der Waals surface area contributed by atoms with Crippen LogP contribution in [0.3, 0.4) is 0 Å². The second-order valence-electron chi connectivity index (χ2n) is 5.85. The van der Waals surface area contributed by atoms with Gasteiger partial charge < -0.3 is 24.3 Å². The van der Waals surface area contributed by atoms with Crippen LogP contribution >= 0.6 is 11.6 Å². The summed E-state index contributed by atoms with van der Waals surface area (Å²) in [6.45, 7) is 5.94. The second-order valence-corrected chi connectivity index (χ2v) is 6.26. The Labute approximate surface area is 179 Å². The molecule has 0 aliphatic rings. The van der Waals surface area contributed by atoms with Crippen molar-refractivity contribution in [3.05, 3.63) is 46.7 Å². The van der Waals surface area contributed by atoms with E-state index in [1.165, 1.54) is 18.2 Å². The molecule has 0 fully saturated rings. The Bertz CT molecular complexity index is 878. The molecule has 0 heterocycles. The summed E-state index contributed by atoms with van der Waals surface area (Å²) in [6.07, 6.45) is 0. The van der Waals surface area contributed by atoms with Crippen molar-refractivity contribution in [1.29, 1.82) is 0 Å². The zero-order valence-electron chi connectivity index (χ0n) is 16.9. The number of halogens is 2. The standard InChI is InChI=1S/C21H23ClFNO6/c1-4-27-17-9-13(10-18(28-5-2)20(17)29-6-3)21(26)30-12-19(25)24-16-8-7-14(23)11-15(16)22/h7-11H,4-6,12H2,1-3H3,(H,24,25). The molecule has 162 valence electrons. The molecule has 7 nitrogen and oxygen atoms in total. The predicted octanol–water partition coefficient (Wildman–Crippen LogP) is 4.47. The van der Waals surface area contributed by atoms with Gasteiger partial charge in [-0.3, -0.25) is 4.79 Å². The van der Waals surface area contributed by atoms with E-state index in [0.717, 1.165) is 12.1 Å². The van der Waals surface area contributed by atoms with Gasteiger partial charge in [0.1, 0.15) is 5.82 Å². The van der Waals surface area contributed by atoms with E-state index in [2.05, 4.69) is 5.32 Å². The van der Waals surface area contributed by atoms with E-state index < -0.39 is 24.3 Å². The van der Waals surface area contributed by atoms with E-state index in [1.807, 2.05) is 6.92 Å². The summed E-state index contributed by atoms with van der Waals surface area (Å²) < 4.78 is 34.9. The van der Waals surface area contributed by atoms with Gasteiger partial charge in [-0.05, 0) is 51.1 Å². The first-order chi connectivity index (χ1) is 14.4. The lowest BCUT2D eigenvalue weighted by atomic mass is 10.2. The number of rotatable bonds is 10. The van der Waals surface area contributed by atoms with E-state index in [9.17, 15) is 14.0 Å². The van der Waals surface area contributed by atoms with Crippen molar-refractivity contribution < 1.29 is 32.9 Å². The molecule has 0 unspecified atom stereocenters. The van der Waals surface area contributed by atoms with Crippen molar-refractivity contribution >= 4 is 29.2 Å². The lowest BCUT2D eigenvalue weighted by Gasteiger charge is -2.16. The highest BCUT2D eigenvalue weighted by atomic mass is 35.5. The minimum atomic E-state index is -0.750. The Morgan fingerprint density at radius 1 is 0.967 bits per heavy atom. The fourth-order valence-corrected chi connectivity index (χ4v) is 2.71. The van der Waals surface area contributed by atoms with E-state index in [-0.39, 0.29) is 16.3 Å². The van der Waals surface area contributed by atoms with Gasteiger partial charge in [0, 0.05) is 0 Å². The number of hydrogen-bond acceptors (Lipinski definition) is 6. The highest BCUT2D eigenvalue weighted by Crippen LogP contribution is 2.39. The topological polar surface area (TPSA) is 83.1 Å². The predicted molar refractivity (Wildman–Crippen MR) is 110 cm³/mol. The van der Waals surface area contributed by atoms with Crippen molar-refractivity contribution in [2.75, 3.05) is 31.7 Å². The third-order valence-corrected chi connectivity index (χ3v) is 4.00. The van der Waals surface area contributed by atoms with Crippen LogP contribution in [0.2, 0.25) is 5.02 Å². The summed E-state index contributed by atoms with van der Waals surface area (Å²) in [7, 11) is 0. The molecule has 2 aromatic carbocycles. The van der Waals surface area contributed by atoms with Crippen molar-refractivity contribution in [2.24, 2.45) is 0 Å². The van der Waals surface area contributed by atoms with Gasteiger partial charge in [-0.1, -0.05) is 11.6 Å². The molecule has 0 aliphatic carbocycles. The first-order valence-electron chi connectivity index (χ1n) is 9.38. The average Bonchev–Trinajstić information content (AvgIpc) is 2.71. The van der Waals surface area contributed by atoms with Crippen LogP contribution in [0.25, 0.3) is 0 Å². The van der Waals surface area contributed by atoms with Crippen LogP contribution in [-0.2, 0) is 9.53 Å². The molecule has 0 bridgehead atoms. The van der Waals surface area contributed by atoms with Crippen LogP contribution in [0.5, 0.6) is 17.2 Å². The highest BCUT2D eigenvalue weighted by Gasteiger charge is 2.20. The second kappa shape index (κ2) is 11.3. The van der Waals surface area contributed by atoms with Crippen LogP contribution in [0.1, 0.15) is 31.1 Å². The van der Waals surface area contributed by atoms with E-state index in [4.69, 9.17) is 30.5 Å². The fraction of sp³-hybridized carbons (Fsp3) is 0.333. The normalized spacial score (nSPS) is 10.3. The quantitative estimate of drug-likeness (QED) is 0.550. The summed E-state index contributed by atoms with van der Waals surface area (Å²) in [5.41, 5.74) is 0.343. The summed E-state index contributed by atoms with van der Waals surface area (Å²) in [6, 6.07) is 6.46. The third kappa shape index (κ3) is 6.25. The van der Waals surface area contributed by atoms with Crippen LogP contribution in [0.15, 0.2) is 30.3 Å². The molecule has 0 aliphatic heterocycles. The lowest BCUT2D eigenvalue weighted by Crippen LogP contribution is -2.21. The SMILES string of the molecule is CCOc1cc(C(=O)OCC(=O)Nc2ccc(F)cc2Cl)cc(OCC)c1OCC. The Kier molecular flexibility index (Phi) is 8.73. The number of carbonyl (C=O) groups excluding carboxylic acids is 2. The summed E-state index contributed by atoms with van der Waals surface area (Å²) in [5.74, 6) is -0.852. The molecule has 0 atom stereocenters. The Balaban J connectivity index is 2.12. The van der Waals surface area contributed by atoms with Crippen LogP contribution in [-0.4, -0.2) is 38.3 Å². The number of benzene rings is 2. The van der Waals surface area contributed by atoms with Gasteiger partial charge in [-0.2, -0.15) is 0 Å². The molecule has 2 rings (SSSR count). The number of hydrogen-bond donors (Lipinski definition) is 1. The van der Waals surface area contributed by atoms with E-state index >= 15 is 0 Å². The number of esters is 1. The zero-order chi connectivity index (χ0) is 22.1. The largest absolute Gasteiger partial charge is 0.490 e. The van der Waals surface area contributed by atoms with E-state index in [0.29, 0.717) is 37.1 Å². The van der Waals surface area contributed by atoms with E-state index in [1.54, 1.807) is 13.8 Å². The van der Waals surface area contributed by atoms with Crippen molar-refractivity contribution in [2.45, 2.75) is 20.8 Å². The minimum absolute atomic E-state index is 0.0314. The molecule has 9 heteroatoms. The molecule has 30 heavy (non-hydrogen) atoms. The molecule has 0 saturated carbocycles. The Morgan fingerprint density at radius 3 is 2.10 bits per heavy atom. The number of amides is 1. The smallest absolute Gasteiger partial charge is 0.338 e. The zero-order valence-corrected chi connectivity index (χ0v) is 17.7. The molecule has 1 N–H and O–H groups in total. The first kappa shape index (κ1) is 23.3. The lowest BCUT2D eigenvalue weighted by molar-refractivity contribution is -0.119. The maximum absolute atomic E-state index is 13.1. The fourth-order valence-electron chi connectivity index (χ4n) is 2.50. The molecule has 0 saturated heterocycles. The average molecular weight is 440 g/mol. The molecule has 0 spiro atoms. The monoisotopic (exact) mass is 439 g/mol. The highest BCUT2D eigenvalue weighted by molar-refractivity contribution is 6.33. The Morgan fingerprint density at radius 2 is 1.57 bits per heavy atom. The van der Waals surface area contributed by atoms with Gasteiger partial charge in [0.05, 0.1) is 36.1 Å². The van der Waals surface area contributed by atoms with Crippen LogP contribution in [0, 0.1) is 5.82 Å². The van der Waals surface area contributed by atoms with Gasteiger partial charge in [0.25, 0.3) is 5.91 Å². The molecule has 2 aromatic rings. The molecule has 0 radical (unpaired) electrons. The number of ether oxygens (including phenoxy) is 4. The van der Waals surface area contributed by atoms with Gasteiger partial charge in [0.15, 0.2) is 18.1 Å². The first-order valence-corrected chi connectivity index (χ1v) is 9.75. The van der Waals surface area contributed by atoms with Gasteiger partial charge >= 0.3 is 5.97 Å². The van der Waals surface area contributed by atoms with Gasteiger partial charge in [-0.25, -0.2) is 9.18 Å². The molecule has 0 aromatic heterocycles. The molecular formula is C21H23ClFNO6. The molecule has 1 amide bonds. The third-order valence-electron chi connectivity index (χ3n) is 3.68. The molecular weight excluding hydrogens is 417 g/mol. The number of anilines is 1. The number of carbonyl (C=O) groups is 2. The Hall–Kier alpha value is -3.00. The summed E-state index contributed by atoms with van der Waals surface area (Å²) >= 11 is 5.86. The van der Waals surface area contributed by atoms with Crippen LogP contribution < -0.4 is 19.5 Å². The van der Waals surface area contributed by atoms with Gasteiger partial charge in [0.2, 0.25) is 5.75 Å². The van der Waals surface area contributed by atoms with Crippen molar-refractivity contribution in [3.63, 3.8) is 0 Å². The van der Waals surface area contributed by atoms with Crippen molar-refractivity contribution in [3.8, 4) is 17.2 Å². The maximum Gasteiger partial charge on any atom is 0.338 e. The summed E-state index contributed by atoms with van der Waals surface area (Å²) in [5, 5.41) is 2.48. The maximum atomic E-state index is 13.1. The summed E-state index contributed by atoms with van der Waals surface area (Å²) in [4.78, 5) is 24.5. The van der Waals surface area contributed by atoms with Gasteiger partial charge in [-0.15, -0.1) is 0 Å². The van der Waals surface area contributed by atoms with Crippen molar-refractivity contribution in [1.82, 2.24) is 0 Å². The number of nitrogens with one attached hydrogen (secondary N) is 1. The van der Waals surface area contributed by atoms with Crippen LogP contribution in [0.4, 0.5) is 10.1 Å².